The summed E-state index contributed by atoms with van der Waals surface area (Å²) in [5, 5.41) is 4.72. The van der Waals surface area contributed by atoms with E-state index in [4.69, 9.17) is 12.2 Å². The number of aromatic nitrogens is 2. The van der Waals surface area contributed by atoms with E-state index in [0.29, 0.717) is 22.9 Å². The number of amides is 3. The van der Waals surface area contributed by atoms with Crippen molar-refractivity contribution in [1.29, 1.82) is 0 Å². The number of fused-ring (bicyclic) bond motifs is 2. The molecule has 3 N–H and O–H groups in total. The van der Waals surface area contributed by atoms with Crippen molar-refractivity contribution in [2.24, 2.45) is 0 Å². The number of nitrogens with one attached hydrogen (secondary N) is 3. The first-order valence-corrected chi connectivity index (χ1v) is 11.9. The van der Waals surface area contributed by atoms with Crippen LogP contribution in [0.5, 0.6) is 0 Å². The average molecular weight is 510 g/mol. The van der Waals surface area contributed by atoms with Gasteiger partial charge in [0.1, 0.15) is 5.69 Å². The van der Waals surface area contributed by atoms with Gasteiger partial charge in [-0.05, 0) is 60.1 Å². The number of pyridine rings is 2. The molecule has 0 fully saturated rings. The second-order valence-corrected chi connectivity index (χ2v) is 8.76. The van der Waals surface area contributed by atoms with Crippen LogP contribution in [-0.2, 0) is 6.42 Å². The minimum Gasteiger partial charge on any atom is -0.356 e. The van der Waals surface area contributed by atoms with E-state index in [1.54, 1.807) is 67.0 Å². The van der Waals surface area contributed by atoms with Crippen LogP contribution in [0, 0.1) is 6.07 Å². The number of thiocarbonyl (C=S) groups is 1. The van der Waals surface area contributed by atoms with Gasteiger partial charge in [0.15, 0.2) is 5.11 Å². The number of carbonyl (C=O) groups is 3. The molecule has 1 radical (unpaired) electrons. The molecule has 10 heteroatoms. The maximum atomic E-state index is 12.9. The Hall–Kier alpha value is -4.70. The zero-order chi connectivity index (χ0) is 25.8. The lowest BCUT2D eigenvalue weighted by Crippen LogP contribution is -2.53. The molecule has 2 aromatic carbocycles. The molecule has 1 aliphatic rings. The number of hydrogen-bond acceptors (Lipinski definition) is 6. The second-order valence-electron chi connectivity index (χ2n) is 8.35. The Morgan fingerprint density at radius 2 is 1.70 bits per heavy atom. The number of carbonyl (C=O) groups excluding carboxylic acids is 3. The molecule has 0 saturated carbocycles. The Labute approximate surface area is 217 Å². The summed E-state index contributed by atoms with van der Waals surface area (Å²) in [4.78, 5) is 48.3. The van der Waals surface area contributed by atoms with Gasteiger partial charge in [-0.15, -0.1) is 0 Å². The second kappa shape index (κ2) is 10.5. The van der Waals surface area contributed by atoms with E-state index >= 15 is 0 Å². The van der Waals surface area contributed by atoms with Gasteiger partial charge in [-0.2, -0.15) is 0 Å². The predicted octanol–water partition coefficient (Wildman–Crippen LogP) is 2.45. The third kappa shape index (κ3) is 5.14. The van der Waals surface area contributed by atoms with E-state index in [0.717, 1.165) is 11.1 Å². The molecule has 4 aromatic rings. The van der Waals surface area contributed by atoms with Crippen molar-refractivity contribution in [2.45, 2.75) is 12.5 Å². The highest BCUT2D eigenvalue weighted by molar-refractivity contribution is 7.80. The minimum atomic E-state index is -0.472. The summed E-state index contributed by atoms with van der Waals surface area (Å²) in [6.45, 7) is 0.0556. The van der Waals surface area contributed by atoms with Crippen LogP contribution < -0.4 is 16.2 Å². The number of benzene rings is 2. The van der Waals surface area contributed by atoms with Gasteiger partial charge in [0.25, 0.3) is 17.7 Å². The summed E-state index contributed by atoms with van der Waals surface area (Å²) in [5.74, 6) is -1.19. The van der Waals surface area contributed by atoms with Crippen LogP contribution in [0.2, 0.25) is 0 Å². The largest absolute Gasteiger partial charge is 0.356 e. The number of rotatable bonds is 6. The van der Waals surface area contributed by atoms with Crippen LogP contribution in [0.4, 0.5) is 0 Å². The maximum absolute atomic E-state index is 12.9. The number of hydrogen-bond donors (Lipinski definition) is 3. The van der Waals surface area contributed by atoms with Crippen molar-refractivity contribution < 1.29 is 14.4 Å². The minimum absolute atomic E-state index is 0.0556. The Balaban J connectivity index is 1.28. The quantitative estimate of drug-likeness (QED) is 0.206. The van der Waals surface area contributed by atoms with Gasteiger partial charge in [-0.3, -0.25) is 40.1 Å². The maximum Gasteiger partial charge on any atom is 0.288 e. The highest BCUT2D eigenvalue weighted by atomic mass is 32.1. The van der Waals surface area contributed by atoms with E-state index < -0.39 is 11.9 Å². The molecule has 37 heavy (non-hydrogen) atoms. The summed E-state index contributed by atoms with van der Waals surface area (Å²) in [6, 6.07) is 21.8. The van der Waals surface area contributed by atoms with Crippen LogP contribution in [0.1, 0.15) is 36.9 Å². The Kier molecular flexibility index (Phi) is 6.82. The average Bonchev–Trinajstić information content (AvgIpc) is 3.17. The number of imide groups is 1. The van der Waals surface area contributed by atoms with Gasteiger partial charge in [0.2, 0.25) is 0 Å². The molecule has 183 valence electrons. The normalized spacial score (nSPS) is 13.2. The van der Waals surface area contributed by atoms with Crippen LogP contribution in [0.25, 0.3) is 10.8 Å². The third-order valence-electron chi connectivity index (χ3n) is 5.91. The Morgan fingerprint density at radius 3 is 2.43 bits per heavy atom. The monoisotopic (exact) mass is 509 g/mol. The lowest BCUT2D eigenvalue weighted by Gasteiger charge is -2.25. The van der Waals surface area contributed by atoms with Crippen LogP contribution in [0.15, 0.2) is 79.1 Å². The summed E-state index contributed by atoms with van der Waals surface area (Å²) in [6.07, 6.45) is 3.60. The fourth-order valence-corrected chi connectivity index (χ4v) is 4.41. The summed E-state index contributed by atoms with van der Waals surface area (Å²) in [5.41, 5.74) is 6.98. The highest BCUT2D eigenvalue weighted by Gasteiger charge is 2.36. The van der Waals surface area contributed by atoms with Crippen molar-refractivity contribution in [3.05, 3.63) is 108 Å². The molecule has 5 rings (SSSR count). The van der Waals surface area contributed by atoms with Crippen molar-refractivity contribution in [3.63, 3.8) is 0 Å². The van der Waals surface area contributed by atoms with Gasteiger partial charge in [-0.1, -0.05) is 30.3 Å². The molecule has 0 saturated heterocycles. The molecule has 2 aromatic heterocycles. The molecule has 1 aliphatic heterocycles. The molecule has 3 heterocycles. The zero-order valence-corrected chi connectivity index (χ0v) is 20.3. The Morgan fingerprint density at radius 1 is 0.946 bits per heavy atom. The summed E-state index contributed by atoms with van der Waals surface area (Å²) in [7, 11) is 0. The SMILES string of the molecule is O=C(NNC(=S)N[C@@H](Cc1ccccn1)CN1C(=O)c2ccccc2C1=O)c1nccc2c[c]ccc12. The van der Waals surface area contributed by atoms with E-state index in [1.165, 1.54) is 4.90 Å². The molecule has 0 unspecified atom stereocenters. The van der Waals surface area contributed by atoms with E-state index in [9.17, 15) is 14.4 Å². The molecule has 1 atom stereocenters. The smallest absolute Gasteiger partial charge is 0.288 e. The lowest BCUT2D eigenvalue weighted by atomic mass is 10.1. The fourth-order valence-electron chi connectivity index (χ4n) is 4.19. The molecule has 0 bridgehead atoms. The van der Waals surface area contributed by atoms with Crippen LogP contribution in [-0.4, -0.2) is 50.3 Å². The topological polar surface area (TPSA) is 116 Å². The number of hydrazine groups is 1. The third-order valence-corrected chi connectivity index (χ3v) is 6.13. The first-order chi connectivity index (χ1) is 18.0. The van der Waals surface area contributed by atoms with Crippen LogP contribution >= 0.6 is 12.2 Å². The molecular weight excluding hydrogens is 488 g/mol. The van der Waals surface area contributed by atoms with Crippen LogP contribution in [0.3, 0.4) is 0 Å². The zero-order valence-electron chi connectivity index (χ0n) is 19.5. The van der Waals surface area contributed by atoms with Crippen molar-refractivity contribution in [1.82, 2.24) is 31.0 Å². The highest BCUT2D eigenvalue weighted by Crippen LogP contribution is 2.23. The summed E-state index contributed by atoms with van der Waals surface area (Å²) >= 11 is 5.41. The molecule has 0 spiro atoms. The predicted molar refractivity (Wildman–Crippen MR) is 140 cm³/mol. The van der Waals surface area contributed by atoms with Gasteiger partial charge in [0, 0.05) is 36.4 Å². The van der Waals surface area contributed by atoms with Gasteiger partial charge in [0.05, 0.1) is 17.2 Å². The standard InChI is InChI=1S/C27H21N6O3S/c34-24(23-20-9-2-1-7-17(20)12-14-29-23)31-32-27(37)30-19(15-18-8-5-6-13-28-18)16-33-25(35)21-10-3-4-11-22(21)26(33)36/h2-14,19H,15-16H2,(H,31,34)(H2,30,32,37)/t19-/m0/s1. The van der Waals surface area contributed by atoms with Crippen molar-refractivity contribution in [3.8, 4) is 0 Å². The van der Waals surface area contributed by atoms with Crippen molar-refractivity contribution in [2.75, 3.05) is 6.54 Å². The number of nitrogens with zero attached hydrogens (tertiary/aromatic N) is 3. The Bertz CT molecular complexity index is 1470. The fraction of sp³-hybridized carbons (Fsp3) is 0.111. The first kappa shape index (κ1) is 24.0. The van der Waals surface area contributed by atoms with E-state index in [-0.39, 0.29) is 29.2 Å². The molecular formula is C27H21N6O3S. The molecule has 3 amide bonds. The van der Waals surface area contributed by atoms with Gasteiger partial charge in [-0.25, -0.2) is 0 Å². The lowest BCUT2D eigenvalue weighted by molar-refractivity contribution is 0.0641. The van der Waals surface area contributed by atoms with Gasteiger partial charge >= 0.3 is 0 Å². The van der Waals surface area contributed by atoms with E-state index in [2.05, 4.69) is 32.2 Å². The summed E-state index contributed by atoms with van der Waals surface area (Å²) < 4.78 is 0. The first-order valence-electron chi connectivity index (χ1n) is 11.5. The molecule has 9 nitrogen and oxygen atoms in total. The molecule has 0 aliphatic carbocycles. The van der Waals surface area contributed by atoms with Crippen molar-refractivity contribution >= 4 is 45.8 Å². The van der Waals surface area contributed by atoms with E-state index in [1.807, 2.05) is 12.1 Å². The van der Waals surface area contributed by atoms with Gasteiger partial charge < -0.3 is 5.32 Å².